The van der Waals surface area contributed by atoms with Gasteiger partial charge in [-0.2, -0.15) is 13.2 Å². The van der Waals surface area contributed by atoms with E-state index in [4.69, 9.17) is 21.5 Å². The van der Waals surface area contributed by atoms with Crippen molar-refractivity contribution in [2.45, 2.75) is 51.1 Å². The second-order valence-corrected chi connectivity index (χ2v) is 8.35. The summed E-state index contributed by atoms with van der Waals surface area (Å²) in [5.74, 6) is -2.41. The lowest BCUT2D eigenvalue weighted by atomic mass is 9.70. The van der Waals surface area contributed by atoms with E-state index >= 15 is 0 Å². The summed E-state index contributed by atoms with van der Waals surface area (Å²) in [6.07, 6.45) is -2.84. The van der Waals surface area contributed by atoms with Crippen molar-refractivity contribution in [3.63, 3.8) is 0 Å². The molecular weight excluding hydrogens is 397 g/mol. The van der Waals surface area contributed by atoms with Crippen LogP contribution < -0.4 is 5.56 Å². The van der Waals surface area contributed by atoms with Crippen LogP contribution >= 0.6 is 11.6 Å². The van der Waals surface area contributed by atoms with Gasteiger partial charge in [0.25, 0.3) is 5.56 Å². The predicted molar refractivity (Wildman–Crippen MR) is 98.2 cm³/mol. The highest BCUT2D eigenvalue weighted by molar-refractivity contribution is 6.32. The number of benzene rings is 1. The molecule has 9 heteroatoms. The molecule has 1 aromatic carbocycles. The van der Waals surface area contributed by atoms with Crippen molar-refractivity contribution in [2.24, 2.45) is 5.41 Å². The lowest BCUT2D eigenvalue weighted by Gasteiger charge is -2.34. The molecule has 4 rings (SSSR count). The number of carbonyl (C=O) groups is 1. The number of H-pyrrole nitrogens is 1. The number of aliphatic carboxylic acids is 1. The molecule has 2 aliphatic rings. The average molecular weight is 417 g/mol. The number of hydrogen-bond donors (Lipinski definition) is 2. The molecule has 0 aliphatic heterocycles. The Balaban J connectivity index is 0.000000279. The molecule has 2 aliphatic carbocycles. The monoisotopic (exact) mass is 416 g/mol. The summed E-state index contributed by atoms with van der Waals surface area (Å²) in [5.41, 5.74) is 3.10. The Bertz CT molecular complexity index is 993. The number of fused-ring (bicyclic) bond motifs is 5. The molecule has 2 bridgehead atoms. The summed E-state index contributed by atoms with van der Waals surface area (Å²) >= 11 is 6.25. The van der Waals surface area contributed by atoms with E-state index in [1.54, 1.807) is 4.68 Å². The van der Waals surface area contributed by atoms with Crippen LogP contribution in [0.2, 0.25) is 5.02 Å². The van der Waals surface area contributed by atoms with Crippen molar-refractivity contribution < 1.29 is 23.1 Å². The van der Waals surface area contributed by atoms with Crippen LogP contribution in [0.3, 0.4) is 0 Å². The Hall–Kier alpha value is -2.22. The van der Waals surface area contributed by atoms with Crippen LogP contribution in [0.25, 0.3) is 5.69 Å². The standard InChI is InChI=1S/C17H19ClN2O.C2HF3O2/c1-16(2)10-8-9-17(16,3)14-13(10)15(21)20(19-14)12-7-5-4-6-11(12)18;3-2(4,5)1(6)7/h4-7,10,19H,8-9H2,1-3H3;(H,6,7)/t10-,17+;/m1./s1. The zero-order chi connectivity index (χ0) is 21.1. The molecule has 0 radical (unpaired) electrons. The summed E-state index contributed by atoms with van der Waals surface area (Å²) in [4.78, 5) is 21.8. The fourth-order valence-electron chi connectivity index (χ4n) is 4.45. The van der Waals surface area contributed by atoms with Crippen LogP contribution in [0.1, 0.15) is 50.8 Å². The van der Waals surface area contributed by atoms with Crippen molar-refractivity contribution in [3.05, 3.63) is 50.9 Å². The van der Waals surface area contributed by atoms with E-state index in [2.05, 4.69) is 25.9 Å². The van der Waals surface area contributed by atoms with E-state index in [1.807, 2.05) is 24.3 Å². The first-order chi connectivity index (χ1) is 12.8. The minimum atomic E-state index is -5.08. The zero-order valence-electron chi connectivity index (χ0n) is 15.5. The Kier molecular flexibility index (Phi) is 4.69. The number of para-hydroxylation sites is 1. The molecular formula is C19H20ClF3N2O3. The number of hydrogen-bond acceptors (Lipinski definition) is 2. The summed E-state index contributed by atoms with van der Waals surface area (Å²) in [6, 6.07) is 7.47. The lowest BCUT2D eigenvalue weighted by Crippen LogP contribution is -2.33. The smallest absolute Gasteiger partial charge is 0.475 e. The third-order valence-electron chi connectivity index (χ3n) is 6.39. The lowest BCUT2D eigenvalue weighted by molar-refractivity contribution is -0.192. The first kappa shape index (κ1) is 20.5. The molecule has 1 heterocycles. The van der Waals surface area contributed by atoms with Crippen molar-refractivity contribution in [2.75, 3.05) is 0 Å². The van der Waals surface area contributed by atoms with Gasteiger partial charge in [-0.1, -0.05) is 44.5 Å². The predicted octanol–water partition coefficient (Wildman–Crippen LogP) is 4.63. The van der Waals surface area contributed by atoms with Crippen LogP contribution in [-0.4, -0.2) is 27.0 Å². The minimum Gasteiger partial charge on any atom is -0.475 e. The Morgan fingerprint density at radius 2 is 1.86 bits per heavy atom. The number of nitrogens with one attached hydrogen (secondary N) is 1. The number of carboxylic acid groups (broad SMARTS) is 1. The third-order valence-corrected chi connectivity index (χ3v) is 6.71. The number of rotatable bonds is 1. The Morgan fingerprint density at radius 3 is 2.36 bits per heavy atom. The number of aromatic amines is 1. The largest absolute Gasteiger partial charge is 0.490 e. The van der Waals surface area contributed by atoms with Gasteiger partial charge in [0, 0.05) is 16.7 Å². The van der Waals surface area contributed by atoms with Gasteiger partial charge in [0.05, 0.1) is 10.7 Å². The molecule has 2 aromatic rings. The van der Waals surface area contributed by atoms with Crippen molar-refractivity contribution in [1.29, 1.82) is 0 Å². The number of alkyl halides is 3. The van der Waals surface area contributed by atoms with Gasteiger partial charge < -0.3 is 5.11 Å². The molecule has 2 N–H and O–H groups in total. The molecule has 0 saturated heterocycles. The maximum absolute atomic E-state index is 12.9. The molecule has 152 valence electrons. The van der Waals surface area contributed by atoms with Gasteiger partial charge in [-0.05, 0) is 36.3 Å². The first-order valence-corrected chi connectivity index (χ1v) is 9.10. The highest BCUT2D eigenvalue weighted by Crippen LogP contribution is 2.66. The Morgan fingerprint density at radius 1 is 1.29 bits per heavy atom. The van der Waals surface area contributed by atoms with Crippen LogP contribution in [0.15, 0.2) is 29.1 Å². The van der Waals surface area contributed by atoms with Crippen molar-refractivity contribution in [1.82, 2.24) is 9.78 Å². The zero-order valence-corrected chi connectivity index (χ0v) is 16.3. The summed E-state index contributed by atoms with van der Waals surface area (Å²) in [7, 11) is 0. The molecule has 0 spiro atoms. The van der Waals surface area contributed by atoms with Crippen LogP contribution in [0.5, 0.6) is 0 Å². The second-order valence-electron chi connectivity index (χ2n) is 7.94. The van der Waals surface area contributed by atoms with Gasteiger partial charge in [-0.15, -0.1) is 0 Å². The summed E-state index contributed by atoms with van der Waals surface area (Å²) in [6.45, 7) is 6.86. The molecule has 0 unspecified atom stereocenters. The average Bonchev–Trinajstić information content (AvgIpc) is 3.10. The first-order valence-electron chi connectivity index (χ1n) is 8.73. The maximum atomic E-state index is 12.9. The molecule has 1 fully saturated rings. The number of aromatic nitrogens is 2. The van der Waals surface area contributed by atoms with Gasteiger partial charge in [-0.3, -0.25) is 9.89 Å². The van der Waals surface area contributed by atoms with Gasteiger partial charge in [0.2, 0.25) is 0 Å². The SMILES string of the molecule is CC1(C)[C@@H]2CC[C@@]1(C)c1[nH]n(-c3ccccc3Cl)c(=O)c12.O=C(O)C(F)(F)F. The van der Waals surface area contributed by atoms with E-state index in [9.17, 15) is 18.0 Å². The number of carboxylic acids is 1. The number of halogens is 4. The Labute approximate surface area is 164 Å². The molecule has 1 aromatic heterocycles. The fourth-order valence-corrected chi connectivity index (χ4v) is 4.67. The van der Waals surface area contributed by atoms with Crippen molar-refractivity contribution in [3.8, 4) is 5.69 Å². The van der Waals surface area contributed by atoms with E-state index in [0.717, 1.165) is 29.8 Å². The molecule has 5 nitrogen and oxygen atoms in total. The maximum Gasteiger partial charge on any atom is 0.490 e. The summed E-state index contributed by atoms with van der Waals surface area (Å²) in [5, 5.41) is 11.1. The van der Waals surface area contributed by atoms with Crippen LogP contribution in [-0.2, 0) is 10.2 Å². The van der Waals surface area contributed by atoms with Crippen LogP contribution in [0, 0.1) is 5.41 Å². The van der Waals surface area contributed by atoms with E-state index in [-0.39, 0.29) is 16.4 Å². The van der Waals surface area contributed by atoms with Gasteiger partial charge in [0.15, 0.2) is 0 Å². The third kappa shape index (κ3) is 2.85. The van der Waals surface area contributed by atoms with Crippen LogP contribution in [0.4, 0.5) is 13.2 Å². The quantitative estimate of drug-likeness (QED) is 0.711. The number of nitrogens with zero attached hydrogens (tertiary/aromatic N) is 1. The van der Waals surface area contributed by atoms with Gasteiger partial charge >= 0.3 is 12.1 Å². The van der Waals surface area contributed by atoms with E-state index in [0.29, 0.717) is 10.9 Å². The minimum absolute atomic E-state index is 0.0542. The fraction of sp³-hybridized carbons (Fsp3) is 0.474. The second kappa shape index (κ2) is 6.40. The molecule has 1 saturated carbocycles. The van der Waals surface area contributed by atoms with E-state index < -0.39 is 12.1 Å². The topological polar surface area (TPSA) is 75.1 Å². The highest BCUT2D eigenvalue weighted by atomic mass is 35.5. The molecule has 28 heavy (non-hydrogen) atoms. The summed E-state index contributed by atoms with van der Waals surface area (Å²) < 4.78 is 33.4. The van der Waals surface area contributed by atoms with Crippen molar-refractivity contribution >= 4 is 17.6 Å². The van der Waals surface area contributed by atoms with E-state index in [1.165, 1.54) is 0 Å². The molecule has 2 atom stereocenters. The van der Waals surface area contributed by atoms with Gasteiger partial charge in [-0.25, -0.2) is 9.48 Å². The van der Waals surface area contributed by atoms with Gasteiger partial charge in [0.1, 0.15) is 0 Å². The normalized spacial score (nSPS) is 24.5. The molecule has 0 amide bonds. The highest BCUT2D eigenvalue weighted by Gasteiger charge is 2.61.